The number of aromatic nitrogens is 2. The normalized spacial score (nSPS) is 12.8. The molecule has 0 aliphatic carbocycles. The average Bonchev–Trinajstić information content (AvgIpc) is 2.52. The second-order valence-electron chi connectivity index (χ2n) is 2.66. The fraction of sp³-hybridized carbons (Fsp3) is 0.444. The monoisotopic (exact) mass is 166 g/mol. The largest absolute Gasteiger partial charge is 0.383 e. The van der Waals surface area contributed by atoms with E-state index in [1.165, 1.54) is 6.08 Å². The van der Waals surface area contributed by atoms with E-state index in [1.54, 1.807) is 10.9 Å². The van der Waals surface area contributed by atoms with Crippen LogP contribution < -0.4 is 0 Å². The Balaban J connectivity index is 2.82. The lowest BCUT2D eigenvalue weighted by Crippen LogP contribution is -2.07. The summed E-state index contributed by atoms with van der Waals surface area (Å²) >= 11 is 0. The number of aliphatic hydroxyl groups excluding tert-OH is 1. The Kier molecular flexibility index (Phi) is 3.05. The lowest BCUT2D eigenvalue weighted by Gasteiger charge is -2.08. The van der Waals surface area contributed by atoms with Crippen LogP contribution in [0.2, 0.25) is 0 Å². The summed E-state index contributed by atoms with van der Waals surface area (Å²) in [6.07, 6.45) is 3.61. The molecule has 1 heterocycles. The molecule has 0 bridgehead atoms. The summed E-state index contributed by atoms with van der Waals surface area (Å²) in [7, 11) is 0. The highest BCUT2D eigenvalue weighted by Gasteiger charge is 2.07. The lowest BCUT2D eigenvalue weighted by molar-refractivity contribution is 0.216. The van der Waals surface area contributed by atoms with Gasteiger partial charge in [0.2, 0.25) is 0 Å². The molecule has 1 N–H and O–H groups in total. The van der Waals surface area contributed by atoms with E-state index in [9.17, 15) is 5.11 Å². The second kappa shape index (κ2) is 4.07. The summed E-state index contributed by atoms with van der Waals surface area (Å²) < 4.78 is 1.80. The first-order chi connectivity index (χ1) is 5.79. The van der Waals surface area contributed by atoms with Gasteiger partial charge < -0.3 is 5.11 Å². The molecule has 66 valence electrons. The molecule has 0 aliphatic rings. The van der Waals surface area contributed by atoms with E-state index in [-0.39, 0.29) is 0 Å². The van der Waals surface area contributed by atoms with Crippen molar-refractivity contribution in [3.05, 3.63) is 30.6 Å². The van der Waals surface area contributed by atoms with Crippen molar-refractivity contribution in [3.63, 3.8) is 0 Å². The smallest absolute Gasteiger partial charge is 0.113 e. The maximum Gasteiger partial charge on any atom is 0.113 e. The Bertz CT molecular complexity index is 255. The number of aliphatic hydroxyl groups is 1. The molecule has 0 fully saturated rings. The van der Waals surface area contributed by atoms with E-state index >= 15 is 0 Å². The fourth-order valence-electron chi connectivity index (χ4n) is 1.11. The molecular weight excluding hydrogens is 152 g/mol. The SMILES string of the molecule is C=CC(O)c1ccnn1CCC. The first-order valence-electron chi connectivity index (χ1n) is 4.12. The molecule has 1 unspecified atom stereocenters. The van der Waals surface area contributed by atoms with Crippen LogP contribution in [0.4, 0.5) is 0 Å². The molecule has 0 saturated heterocycles. The summed E-state index contributed by atoms with van der Waals surface area (Å²) in [5.74, 6) is 0. The minimum absolute atomic E-state index is 0.598. The standard InChI is InChI=1S/C9H14N2O/c1-3-7-11-8(5-6-10-11)9(12)4-2/h4-6,9,12H,2-3,7H2,1H3. The highest BCUT2D eigenvalue weighted by molar-refractivity contribution is 5.09. The molecule has 0 aromatic carbocycles. The number of hydrogen-bond donors (Lipinski definition) is 1. The molecule has 3 nitrogen and oxygen atoms in total. The van der Waals surface area contributed by atoms with E-state index in [0.717, 1.165) is 18.7 Å². The maximum atomic E-state index is 9.45. The number of nitrogens with zero attached hydrogens (tertiary/aromatic N) is 2. The molecular formula is C9H14N2O. The molecule has 0 radical (unpaired) electrons. The number of aryl methyl sites for hydroxylation is 1. The third-order valence-corrected chi connectivity index (χ3v) is 1.71. The number of rotatable bonds is 4. The third-order valence-electron chi connectivity index (χ3n) is 1.71. The fourth-order valence-corrected chi connectivity index (χ4v) is 1.11. The molecule has 1 atom stereocenters. The Morgan fingerprint density at radius 3 is 3.17 bits per heavy atom. The van der Waals surface area contributed by atoms with Gasteiger partial charge in [0.15, 0.2) is 0 Å². The Morgan fingerprint density at radius 2 is 2.58 bits per heavy atom. The van der Waals surface area contributed by atoms with Crippen molar-refractivity contribution >= 4 is 0 Å². The highest BCUT2D eigenvalue weighted by atomic mass is 16.3. The van der Waals surface area contributed by atoms with Crippen LogP contribution in [-0.4, -0.2) is 14.9 Å². The minimum Gasteiger partial charge on any atom is -0.383 e. The van der Waals surface area contributed by atoms with Crippen molar-refractivity contribution in [2.75, 3.05) is 0 Å². The Labute approximate surface area is 72.3 Å². The van der Waals surface area contributed by atoms with Crippen molar-refractivity contribution in [1.29, 1.82) is 0 Å². The van der Waals surface area contributed by atoms with Gasteiger partial charge in [-0.25, -0.2) is 0 Å². The van der Waals surface area contributed by atoms with Crippen molar-refractivity contribution in [1.82, 2.24) is 9.78 Å². The van der Waals surface area contributed by atoms with Crippen LogP contribution in [0.5, 0.6) is 0 Å². The molecule has 0 spiro atoms. The van der Waals surface area contributed by atoms with Crippen LogP contribution in [0.3, 0.4) is 0 Å². The van der Waals surface area contributed by atoms with Crippen LogP contribution >= 0.6 is 0 Å². The van der Waals surface area contributed by atoms with Gasteiger partial charge in [0.05, 0.1) is 5.69 Å². The zero-order valence-corrected chi connectivity index (χ0v) is 7.27. The topological polar surface area (TPSA) is 38.1 Å². The van der Waals surface area contributed by atoms with Gasteiger partial charge in [0.25, 0.3) is 0 Å². The van der Waals surface area contributed by atoms with Crippen LogP contribution in [0.1, 0.15) is 25.1 Å². The summed E-state index contributed by atoms with van der Waals surface area (Å²) in [4.78, 5) is 0. The van der Waals surface area contributed by atoms with Crippen molar-refractivity contribution in [2.24, 2.45) is 0 Å². The second-order valence-corrected chi connectivity index (χ2v) is 2.66. The molecule has 1 aromatic rings. The summed E-state index contributed by atoms with van der Waals surface area (Å²) in [6, 6.07) is 1.81. The predicted molar refractivity (Wildman–Crippen MR) is 47.7 cm³/mol. The van der Waals surface area contributed by atoms with Crippen molar-refractivity contribution in [3.8, 4) is 0 Å². The van der Waals surface area contributed by atoms with E-state index in [0.29, 0.717) is 0 Å². The van der Waals surface area contributed by atoms with Crippen molar-refractivity contribution in [2.45, 2.75) is 26.0 Å². The number of hydrogen-bond acceptors (Lipinski definition) is 2. The van der Waals surface area contributed by atoms with Crippen LogP contribution in [0, 0.1) is 0 Å². The molecule has 12 heavy (non-hydrogen) atoms. The summed E-state index contributed by atoms with van der Waals surface area (Å²) in [5.41, 5.74) is 0.812. The molecule has 0 amide bonds. The van der Waals surface area contributed by atoms with Crippen LogP contribution in [0.25, 0.3) is 0 Å². The van der Waals surface area contributed by atoms with E-state index in [4.69, 9.17) is 0 Å². The van der Waals surface area contributed by atoms with E-state index in [2.05, 4.69) is 18.6 Å². The van der Waals surface area contributed by atoms with E-state index < -0.39 is 6.10 Å². The molecule has 0 saturated carbocycles. The lowest BCUT2D eigenvalue weighted by atomic mass is 10.2. The van der Waals surface area contributed by atoms with Gasteiger partial charge in [-0.3, -0.25) is 4.68 Å². The average molecular weight is 166 g/mol. The molecule has 1 aromatic heterocycles. The zero-order chi connectivity index (χ0) is 8.97. The molecule has 3 heteroatoms. The predicted octanol–water partition coefficient (Wildman–Crippen LogP) is 1.51. The van der Waals surface area contributed by atoms with Crippen LogP contribution in [0.15, 0.2) is 24.9 Å². The van der Waals surface area contributed by atoms with Crippen molar-refractivity contribution < 1.29 is 5.11 Å². The van der Waals surface area contributed by atoms with Gasteiger partial charge in [0, 0.05) is 12.7 Å². The van der Waals surface area contributed by atoms with Gasteiger partial charge in [-0.2, -0.15) is 5.10 Å². The first-order valence-corrected chi connectivity index (χ1v) is 4.12. The Morgan fingerprint density at radius 1 is 1.83 bits per heavy atom. The van der Waals surface area contributed by atoms with Gasteiger partial charge in [-0.15, -0.1) is 6.58 Å². The molecule has 1 rings (SSSR count). The van der Waals surface area contributed by atoms with E-state index in [1.807, 2.05) is 6.07 Å². The quantitative estimate of drug-likeness (QED) is 0.688. The molecule has 0 aliphatic heterocycles. The first kappa shape index (κ1) is 9.00. The van der Waals surface area contributed by atoms with Crippen LogP contribution in [-0.2, 0) is 6.54 Å². The summed E-state index contributed by atoms with van der Waals surface area (Å²) in [5, 5.41) is 13.5. The zero-order valence-electron chi connectivity index (χ0n) is 7.27. The van der Waals surface area contributed by atoms with Gasteiger partial charge in [-0.1, -0.05) is 13.0 Å². The van der Waals surface area contributed by atoms with Gasteiger partial charge in [-0.05, 0) is 12.5 Å². The van der Waals surface area contributed by atoms with Gasteiger partial charge >= 0.3 is 0 Å². The maximum absolute atomic E-state index is 9.45. The highest BCUT2D eigenvalue weighted by Crippen LogP contribution is 2.12. The minimum atomic E-state index is -0.598. The summed E-state index contributed by atoms with van der Waals surface area (Å²) in [6.45, 7) is 6.44. The third kappa shape index (κ3) is 1.74. The van der Waals surface area contributed by atoms with Gasteiger partial charge in [0.1, 0.15) is 6.10 Å². The Hall–Kier alpha value is -1.09.